The second-order valence-electron chi connectivity index (χ2n) is 7.30. The third kappa shape index (κ3) is 4.57. The van der Waals surface area contributed by atoms with Crippen molar-refractivity contribution in [3.63, 3.8) is 0 Å². The molecule has 1 aliphatic heterocycles. The maximum atomic E-state index is 14.0. The second-order valence-corrected chi connectivity index (χ2v) is 8.39. The summed E-state index contributed by atoms with van der Waals surface area (Å²) in [5, 5.41) is 40.2. The number of ether oxygens (including phenoxy) is 1. The zero-order valence-corrected chi connectivity index (χ0v) is 17.3. The van der Waals surface area contributed by atoms with Gasteiger partial charge < -0.3 is 25.2 Å². The lowest BCUT2D eigenvalue weighted by atomic mass is 9.89. The Balaban J connectivity index is 1.74. The van der Waals surface area contributed by atoms with Crippen LogP contribution in [0.5, 0.6) is 0 Å². The fourth-order valence-corrected chi connectivity index (χ4v) is 4.30. The van der Waals surface area contributed by atoms with Crippen LogP contribution < -0.4 is 0 Å². The molecule has 3 aromatic rings. The van der Waals surface area contributed by atoms with Crippen molar-refractivity contribution in [3.8, 4) is 10.4 Å². The Kier molecular flexibility index (Phi) is 4.62. The summed E-state index contributed by atoms with van der Waals surface area (Å²) in [5.41, 5.74) is 0.944. The van der Waals surface area contributed by atoms with E-state index in [1.54, 1.807) is 19.1 Å². The maximum Gasteiger partial charge on any atom is 0.123 e. The van der Waals surface area contributed by atoms with Gasteiger partial charge in [-0.1, -0.05) is 30.3 Å². The van der Waals surface area contributed by atoms with E-state index in [2.05, 4.69) is 0 Å². The van der Waals surface area contributed by atoms with Crippen LogP contribution in [0.2, 0.25) is 0 Å². The largest absolute Gasteiger partial charge is 0.394 e. The Morgan fingerprint density at radius 3 is 2.52 bits per heavy atom. The molecule has 5 nitrogen and oxygen atoms in total. The van der Waals surface area contributed by atoms with Crippen molar-refractivity contribution in [1.82, 2.24) is 0 Å². The lowest BCUT2D eigenvalue weighted by Crippen LogP contribution is -2.55. The molecule has 4 rings (SSSR count). The summed E-state index contributed by atoms with van der Waals surface area (Å²) >= 11 is 0.904. The van der Waals surface area contributed by atoms with Crippen molar-refractivity contribution >= 4 is 11.3 Å². The minimum Gasteiger partial charge on any atom is -0.394 e. The average molecular weight is 451 g/mol. The molecule has 4 N–H and O–H groups in total. The molecular formula is C24H25FO5S. The van der Waals surface area contributed by atoms with Crippen LogP contribution in [0.1, 0.15) is 35.9 Å². The third-order valence-electron chi connectivity index (χ3n) is 5.19. The van der Waals surface area contributed by atoms with Gasteiger partial charge in [0.1, 0.15) is 36.3 Å². The molecule has 2 heterocycles. The first-order chi connectivity index (χ1) is 17.3. The lowest BCUT2D eigenvalue weighted by molar-refractivity contribution is -0.231. The summed E-state index contributed by atoms with van der Waals surface area (Å²) in [5.74, 6) is -1.26. The van der Waals surface area contributed by atoms with Gasteiger partial charge in [0.25, 0.3) is 0 Å². The van der Waals surface area contributed by atoms with Crippen molar-refractivity contribution in [2.24, 2.45) is 0 Å². The van der Waals surface area contributed by atoms with Gasteiger partial charge in [-0.3, -0.25) is 0 Å². The molecule has 0 bridgehead atoms. The molecule has 7 heteroatoms. The monoisotopic (exact) mass is 450 g/mol. The number of halogens is 1. The Bertz CT molecular complexity index is 1300. The molecular weight excluding hydrogens is 419 g/mol. The van der Waals surface area contributed by atoms with Crippen molar-refractivity contribution in [3.05, 3.63) is 81.9 Å². The lowest BCUT2D eigenvalue weighted by Gasteiger charge is -2.40. The number of rotatable bonds is 5. The standard InChI is InChI=1S/C24H25FO5S/c1-13-2-3-15(24-23(29)22(28)21(27)19(12-26)30-24)10-16(13)11-18-8-9-20(31-18)14-4-6-17(25)7-5-14/h2-10,19,21-24,26-29H,11-12H2,1H3/t19-,21-,22+,23-,24+/m1/s1/i4D,5D,6D,7D,11D2. The Morgan fingerprint density at radius 1 is 1.06 bits per heavy atom. The summed E-state index contributed by atoms with van der Waals surface area (Å²) in [6, 6.07) is 4.84. The van der Waals surface area contributed by atoms with Crippen LogP contribution in [0.4, 0.5) is 4.39 Å². The first-order valence-electron chi connectivity index (χ1n) is 12.6. The van der Waals surface area contributed by atoms with Gasteiger partial charge in [-0.2, -0.15) is 0 Å². The topological polar surface area (TPSA) is 90.2 Å². The Labute approximate surface area is 192 Å². The van der Waals surface area contributed by atoms with Crippen LogP contribution in [-0.2, 0) is 11.1 Å². The number of aliphatic hydroxyl groups is 4. The smallest absolute Gasteiger partial charge is 0.123 e. The van der Waals surface area contributed by atoms with Crippen molar-refractivity contribution in [1.29, 1.82) is 0 Å². The number of hydrogen-bond acceptors (Lipinski definition) is 6. The van der Waals surface area contributed by atoms with Crippen LogP contribution in [0, 0.1) is 12.7 Å². The summed E-state index contributed by atoms with van der Waals surface area (Å²) < 4.78 is 69.0. The average Bonchev–Trinajstić information content (AvgIpc) is 3.36. The maximum absolute atomic E-state index is 14.0. The van der Waals surface area contributed by atoms with Crippen LogP contribution in [0.25, 0.3) is 10.4 Å². The van der Waals surface area contributed by atoms with Gasteiger partial charge in [-0.05, 0) is 53.4 Å². The molecule has 1 aliphatic rings. The molecule has 0 saturated carbocycles. The quantitative estimate of drug-likeness (QED) is 0.480. The molecule has 5 atom stereocenters. The van der Waals surface area contributed by atoms with E-state index in [0.717, 1.165) is 11.3 Å². The number of aryl methyl sites for hydroxylation is 1. The summed E-state index contributed by atoms with van der Waals surface area (Å²) in [6.07, 6.45) is -9.03. The van der Waals surface area contributed by atoms with Gasteiger partial charge in [0.2, 0.25) is 0 Å². The molecule has 1 saturated heterocycles. The highest BCUT2D eigenvalue weighted by atomic mass is 32.1. The first-order valence-corrected chi connectivity index (χ1v) is 10.4. The van der Waals surface area contributed by atoms with E-state index in [-0.39, 0.29) is 20.9 Å². The number of hydrogen-bond donors (Lipinski definition) is 4. The zero-order chi connectivity index (χ0) is 27.4. The van der Waals surface area contributed by atoms with Gasteiger partial charge in [-0.25, -0.2) is 4.39 Å². The van der Waals surface area contributed by atoms with E-state index in [1.165, 1.54) is 18.2 Å². The summed E-state index contributed by atoms with van der Waals surface area (Å²) in [6.45, 7) is 1.08. The Morgan fingerprint density at radius 2 is 1.81 bits per heavy atom. The minimum atomic E-state index is -2.12. The molecule has 1 aromatic heterocycles. The molecule has 0 amide bonds. The number of benzene rings is 2. The fraction of sp³-hybridized carbons (Fsp3) is 0.333. The molecule has 0 unspecified atom stereocenters. The highest BCUT2D eigenvalue weighted by Gasteiger charge is 2.43. The normalized spacial score (nSPS) is 29.4. The van der Waals surface area contributed by atoms with Crippen LogP contribution in [-0.4, -0.2) is 51.4 Å². The van der Waals surface area contributed by atoms with E-state index in [9.17, 15) is 24.8 Å². The van der Waals surface area contributed by atoms with E-state index < -0.39 is 73.5 Å². The minimum absolute atomic E-state index is 0.129. The molecule has 2 aromatic carbocycles. The van der Waals surface area contributed by atoms with Crippen LogP contribution in [0.15, 0.2) is 54.5 Å². The van der Waals surface area contributed by atoms with E-state index in [1.807, 2.05) is 0 Å². The van der Waals surface area contributed by atoms with E-state index >= 15 is 0 Å². The highest BCUT2D eigenvalue weighted by Crippen LogP contribution is 2.35. The predicted molar refractivity (Wildman–Crippen MR) is 116 cm³/mol. The summed E-state index contributed by atoms with van der Waals surface area (Å²) in [4.78, 5) is 0.413. The SMILES string of the molecule is [2H]c1c([2H])c(-c2ccc(C([2H])([2H])c3cc([C@@H]4O[C@H](CO)[C@@H](O)[C@H](O)[C@H]4O)ccc3C)s2)c([2H])c([2H])c1F. The predicted octanol–water partition coefficient (Wildman–Crippen LogP) is 2.97. The zero-order valence-electron chi connectivity index (χ0n) is 22.5. The molecule has 164 valence electrons. The Hall–Kier alpha value is -2.13. The molecule has 0 radical (unpaired) electrons. The van der Waals surface area contributed by atoms with Gasteiger partial charge in [0.05, 0.1) is 12.1 Å². The van der Waals surface area contributed by atoms with Gasteiger partial charge in [0.15, 0.2) is 0 Å². The van der Waals surface area contributed by atoms with E-state index in [4.69, 9.17) is 13.0 Å². The van der Waals surface area contributed by atoms with E-state index in [0.29, 0.717) is 11.1 Å². The van der Waals surface area contributed by atoms with Crippen molar-refractivity contribution in [2.75, 3.05) is 6.61 Å². The van der Waals surface area contributed by atoms with Crippen LogP contribution >= 0.6 is 11.3 Å². The number of aliphatic hydroxyl groups excluding tert-OH is 4. The van der Waals surface area contributed by atoms with Gasteiger partial charge in [0, 0.05) is 18.9 Å². The van der Waals surface area contributed by atoms with Gasteiger partial charge >= 0.3 is 0 Å². The summed E-state index contributed by atoms with van der Waals surface area (Å²) in [7, 11) is 0. The molecule has 0 aliphatic carbocycles. The first kappa shape index (κ1) is 15.6. The van der Waals surface area contributed by atoms with Crippen LogP contribution in [0.3, 0.4) is 0 Å². The second kappa shape index (κ2) is 9.16. The molecule has 0 spiro atoms. The fourth-order valence-electron chi connectivity index (χ4n) is 3.42. The third-order valence-corrected chi connectivity index (χ3v) is 6.21. The van der Waals surface area contributed by atoms with Crippen molar-refractivity contribution < 1.29 is 37.8 Å². The highest BCUT2D eigenvalue weighted by molar-refractivity contribution is 7.15. The van der Waals surface area contributed by atoms with Crippen molar-refractivity contribution in [2.45, 2.75) is 43.8 Å². The molecule has 31 heavy (non-hydrogen) atoms. The number of thiophene rings is 1. The van der Waals surface area contributed by atoms with Gasteiger partial charge in [-0.15, -0.1) is 11.3 Å². The molecule has 1 fully saturated rings.